The number of anilines is 1. The van der Waals surface area contributed by atoms with Gasteiger partial charge >= 0.3 is 0 Å². The smallest absolute Gasteiger partial charge is 0.193 e. The zero-order valence-electron chi connectivity index (χ0n) is 16.1. The summed E-state index contributed by atoms with van der Waals surface area (Å²) in [5.74, 6) is 2.59. The number of hydrogen-bond acceptors (Lipinski definition) is 4. The number of nitrogens with one attached hydrogen (secondary N) is 2. The van der Waals surface area contributed by atoms with Gasteiger partial charge in [-0.05, 0) is 37.0 Å². The zero-order chi connectivity index (χ0) is 18.2. The van der Waals surface area contributed by atoms with Crippen LogP contribution in [0.4, 0.5) is 5.82 Å². The van der Waals surface area contributed by atoms with Gasteiger partial charge in [-0.1, -0.05) is 18.2 Å². The number of ether oxygens (including phenoxy) is 1. The van der Waals surface area contributed by atoms with Gasteiger partial charge in [0.05, 0.1) is 12.1 Å². The minimum atomic E-state index is 0. The summed E-state index contributed by atoms with van der Waals surface area (Å²) in [4.78, 5) is 11.1. The van der Waals surface area contributed by atoms with E-state index in [-0.39, 0.29) is 24.0 Å². The minimum Gasteiger partial charge on any atom is -0.379 e. The first-order chi connectivity index (χ1) is 12.8. The monoisotopic (exact) mass is 483 g/mol. The Kier molecular flexibility index (Phi) is 9.06. The van der Waals surface area contributed by atoms with Gasteiger partial charge in [-0.25, -0.2) is 4.98 Å². The van der Waals surface area contributed by atoms with Crippen LogP contribution in [-0.4, -0.2) is 62.8 Å². The maximum absolute atomic E-state index is 5.70. The van der Waals surface area contributed by atoms with Crippen molar-refractivity contribution in [2.45, 2.75) is 12.8 Å². The van der Waals surface area contributed by atoms with Crippen molar-refractivity contribution in [3.8, 4) is 0 Å². The maximum Gasteiger partial charge on any atom is 0.193 e. The lowest BCUT2D eigenvalue weighted by molar-refractivity contribution is 0.115. The number of likely N-dealkylation sites (N-methyl/N-ethyl adjacent to an activating group) is 1. The number of para-hydroxylation sites is 1. The number of pyridine rings is 1. The molecule has 6 nitrogen and oxygen atoms in total. The van der Waals surface area contributed by atoms with Crippen molar-refractivity contribution in [3.63, 3.8) is 0 Å². The number of rotatable bonds is 9. The highest BCUT2D eigenvalue weighted by molar-refractivity contribution is 14.0. The second-order valence-electron chi connectivity index (χ2n) is 6.73. The summed E-state index contributed by atoms with van der Waals surface area (Å²) in [5.41, 5.74) is 1.01. The Balaban J connectivity index is 0.00000261. The first-order valence-corrected chi connectivity index (χ1v) is 9.35. The van der Waals surface area contributed by atoms with Gasteiger partial charge in [0.15, 0.2) is 5.96 Å². The molecule has 0 radical (unpaired) electrons. The number of aliphatic imine (C=N–C) groups is 1. The van der Waals surface area contributed by atoms with Crippen molar-refractivity contribution >= 4 is 46.7 Å². The molecule has 0 aliphatic heterocycles. The largest absolute Gasteiger partial charge is 0.379 e. The van der Waals surface area contributed by atoms with Crippen LogP contribution in [0.2, 0.25) is 0 Å². The molecule has 7 heteroatoms. The standard InChI is InChI=1S/C20H29N5O.HI/c1-21-20(25(2)13-14-26-15-16-7-8-16)23-12-11-22-19-10-9-17-5-3-4-6-18(17)24-19;/h3-6,9-10,16H,7-8,11-15H2,1-2H3,(H,21,23)(H,22,24);1H. The van der Waals surface area contributed by atoms with Gasteiger partial charge in [-0.15, -0.1) is 24.0 Å². The average molecular weight is 483 g/mol. The van der Waals surface area contributed by atoms with E-state index in [1.54, 1.807) is 0 Å². The SMILES string of the molecule is CN=C(NCCNc1ccc2ccccc2n1)N(C)CCOCC1CC1.I. The third-order valence-electron chi connectivity index (χ3n) is 4.51. The van der Waals surface area contributed by atoms with E-state index < -0.39 is 0 Å². The highest BCUT2D eigenvalue weighted by Gasteiger charge is 2.21. The van der Waals surface area contributed by atoms with E-state index in [9.17, 15) is 0 Å². The fourth-order valence-corrected chi connectivity index (χ4v) is 2.76. The van der Waals surface area contributed by atoms with E-state index in [0.29, 0.717) is 0 Å². The van der Waals surface area contributed by atoms with Gasteiger partial charge in [0, 0.05) is 45.7 Å². The van der Waals surface area contributed by atoms with Crippen LogP contribution in [0.1, 0.15) is 12.8 Å². The van der Waals surface area contributed by atoms with Gasteiger partial charge in [0.25, 0.3) is 0 Å². The van der Waals surface area contributed by atoms with Crippen LogP contribution < -0.4 is 10.6 Å². The van der Waals surface area contributed by atoms with E-state index in [0.717, 1.165) is 61.4 Å². The lowest BCUT2D eigenvalue weighted by atomic mass is 10.2. The molecule has 27 heavy (non-hydrogen) atoms. The second kappa shape index (κ2) is 11.3. The van der Waals surface area contributed by atoms with E-state index in [2.05, 4.69) is 37.6 Å². The van der Waals surface area contributed by atoms with Crippen LogP contribution in [-0.2, 0) is 4.74 Å². The molecule has 148 valence electrons. The van der Waals surface area contributed by atoms with Gasteiger partial charge in [0.2, 0.25) is 0 Å². The molecule has 1 fully saturated rings. The molecule has 1 aromatic carbocycles. The highest BCUT2D eigenvalue weighted by Crippen LogP contribution is 2.28. The fourth-order valence-electron chi connectivity index (χ4n) is 2.76. The van der Waals surface area contributed by atoms with Crippen molar-refractivity contribution in [3.05, 3.63) is 36.4 Å². The van der Waals surface area contributed by atoms with Crippen molar-refractivity contribution in [2.24, 2.45) is 10.9 Å². The maximum atomic E-state index is 5.70. The van der Waals surface area contributed by atoms with E-state index in [1.807, 2.05) is 38.4 Å². The van der Waals surface area contributed by atoms with Crippen LogP contribution in [0.5, 0.6) is 0 Å². The van der Waals surface area contributed by atoms with Crippen molar-refractivity contribution in [2.75, 3.05) is 52.3 Å². The van der Waals surface area contributed by atoms with E-state index in [1.165, 1.54) is 12.8 Å². The molecule has 1 aromatic heterocycles. The summed E-state index contributed by atoms with van der Waals surface area (Å²) in [6, 6.07) is 12.2. The predicted molar refractivity (Wildman–Crippen MR) is 123 cm³/mol. The third kappa shape index (κ3) is 7.14. The Morgan fingerprint density at radius 1 is 1.22 bits per heavy atom. The molecule has 3 rings (SSSR count). The quantitative estimate of drug-likeness (QED) is 0.248. The molecule has 0 spiro atoms. The number of hydrogen-bond donors (Lipinski definition) is 2. The van der Waals surface area contributed by atoms with Gasteiger partial charge in [-0.3, -0.25) is 4.99 Å². The first-order valence-electron chi connectivity index (χ1n) is 9.35. The van der Waals surface area contributed by atoms with E-state index in [4.69, 9.17) is 4.74 Å². The van der Waals surface area contributed by atoms with Gasteiger partial charge in [0.1, 0.15) is 5.82 Å². The number of nitrogens with zero attached hydrogens (tertiary/aromatic N) is 3. The Bertz CT molecular complexity index is 735. The van der Waals surface area contributed by atoms with Crippen LogP contribution in [0.25, 0.3) is 10.9 Å². The molecule has 1 heterocycles. The van der Waals surface area contributed by atoms with Crippen LogP contribution >= 0.6 is 24.0 Å². The highest BCUT2D eigenvalue weighted by atomic mass is 127. The molecule has 0 bridgehead atoms. The average Bonchev–Trinajstić information content (AvgIpc) is 3.49. The van der Waals surface area contributed by atoms with Gasteiger partial charge in [-0.2, -0.15) is 0 Å². The van der Waals surface area contributed by atoms with Crippen molar-refractivity contribution in [1.82, 2.24) is 15.2 Å². The fraction of sp³-hybridized carbons (Fsp3) is 0.500. The molecule has 0 amide bonds. The van der Waals surface area contributed by atoms with Crippen LogP contribution in [0.15, 0.2) is 41.4 Å². The van der Waals surface area contributed by atoms with Crippen LogP contribution in [0, 0.1) is 5.92 Å². The first kappa shape index (κ1) is 21.7. The molecule has 1 saturated carbocycles. The van der Waals surface area contributed by atoms with E-state index >= 15 is 0 Å². The molecule has 1 aliphatic carbocycles. The number of guanidine groups is 1. The zero-order valence-corrected chi connectivity index (χ0v) is 18.5. The molecule has 1 aliphatic rings. The predicted octanol–water partition coefficient (Wildman–Crippen LogP) is 3.20. The summed E-state index contributed by atoms with van der Waals surface area (Å²) in [6.45, 7) is 4.03. The molecular formula is C20H30IN5O. The van der Waals surface area contributed by atoms with Crippen molar-refractivity contribution < 1.29 is 4.74 Å². The lowest BCUT2D eigenvalue weighted by Gasteiger charge is -2.22. The molecule has 0 unspecified atom stereocenters. The minimum absolute atomic E-state index is 0. The molecular weight excluding hydrogens is 453 g/mol. The summed E-state index contributed by atoms with van der Waals surface area (Å²) in [5, 5.41) is 7.88. The molecule has 2 N–H and O–H groups in total. The van der Waals surface area contributed by atoms with Crippen LogP contribution in [0.3, 0.4) is 0 Å². The Hall–Kier alpha value is -1.61. The summed E-state index contributed by atoms with van der Waals surface area (Å²) < 4.78 is 5.70. The summed E-state index contributed by atoms with van der Waals surface area (Å²) >= 11 is 0. The molecule has 0 saturated heterocycles. The third-order valence-corrected chi connectivity index (χ3v) is 4.51. The topological polar surface area (TPSA) is 61.8 Å². The lowest BCUT2D eigenvalue weighted by Crippen LogP contribution is -2.42. The summed E-state index contributed by atoms with van der Waals surface area (Å²) in [6.07, 6.45) is 2.66. The van der Waals surface area contributed by atoms with Crippen molar-refractivity contribution in [1.29, 1.82) is 0 Å². The molecule has 0 atom stereocenters. The number of aromatic nitrogens is 1. The Morgan fingerprint density at radius 3 is 2.81 bits per heavy atom. The second-order valence-corrected chi connectivity index (χ2v) is 6.73. The Labute approximate surface area is 178 Å². The van der Waals surface area contributed by atoms with Gasteiger partial charge < -0.3 is 20.3 Å². The summed E-state index contributed by atoms with van der Waals surface area (Å²) in [7, 11) is 3.84. The number of fused-ring (bicyclic) bond motifs is 1. The number of benzene rings is 1. The molecule has 2 aromatic rings. The number of halogens is 1. The normalized spacial score (nSPS) is 13.9. The Morgan fingerprint density at radius 2 is 2.04 bits per heavy atom.